The number of methoxy groups -OCH3 is 2. The molecule has 1 aromatic carbocycles. The van der Waals surface area contributed by atoms with E-state index in [1.807, 2.05) is 0 Å². The lowest BCUT2D eigenvalue weighted by Gasteiger charge is -2.15. The summed E-state index contributed by atoms with van der Waals surface area (Å²) in [6.45, 7) is -2.28. The van der Waals surface area contributed by atoms with Gasteiger partial charge in [-0.3, -0.25) is 0 Å². The van der Waals surface area contributed by atoms with Crippen molar-refractivity contribution in [1.29, 1.82) is 0 Å². The highest BCUT2D eigenvalue weighted by Gasteiger charge is 2.30. The SMILES string of the molecule is COC(=O)c1cc(C(=O)OC)cc(S(=O)(=O)NCC(F)(F)CN)c1. The molecule has 11 heteroatoms. The lowest BCUT2D eigenvalue weighted by molar-refractivity contribution is 0.0170. The summed E-state index contributed by atoms with van der Waals surface area (Å²) in [6.07, 6.45) is 0. The molecule has 0 saturated carbocycles. The van der Waals surface area contributed by atoms with Crippen LogP contribution in [0.2, 0.25) is 0 Å². The van der Waals surface area contributed by atoms with E-state index in [4.69, 9.17) is 5.73 Å². The van der Waals surface area contributed by atoms with E-state index >= 15 is 0 Å². The van der Waals surface area contributed by atoms with Crippen LogP contribution >= 0.6 is 0 Å². The number of rotatable bonds is 7. The average molecular weight is 366 g/mol. The first-order valence-electron chi connectivity index (χ1n) is 6.45. The highest BCUT2D eigenvalue weighted by Crippen LogP contribution is 2.18. The molecule has 3 N–H and O–H groups in total. The van der Waals surface area contributed by atoms with Gasteiger partial charge in [0.25, 0.3) is 5.92 Å². The molecule has 8 nitrogen and oxygen atoms in total. The second kappa shape index (κ2) is 7.64. The maximum absolute atomic E-state index is 13.1. The van der Waals surface area contributed by atoms with Gasteiger partial charge in [0, 0.05) is 0 Å². The Labute approximate surface area is 137 Å². The van der Waals surface area contributed by atoms with Crippen molar-refractivity contribution in [3.8, 4) is 0 Å². The van der Waals surface area contributed by atoms with Gasteiger partial charge in [-0.15, -0.1) is 0 Å². The van der Waals surface area contributed by atoms with Gasteiger partial charge in [-0.05, 0) is 18.2 Å². The van der Waals surface area contributed by atoms with Gasteiger partial charge in [-0.2, -0.15) is 0 Å². The van der Waals surface area contributed by atoms with E-state index in [0.717, 1.165) is 32.4 Å². The van der Waals surface area contributed by atoms with Gasteiger partial charge in [0.15, 0.2) is 0 Å². The number of carbonyl (C=O) groups is 2. The maximum Gasteiger partial charge on any atom is 0.337 e. The summed E-state index contributed by atoms with van der Waals surface area (Å²) in [6, 6.07) is 2.84. The molecule has 1 rings (SSSR count). The smallest absolute Gasteiger partial charge is 0.337 e. The number of carbonyl (C=O) groups excluding carboxylic acids is 2. The summed E-state index contributed by atoms with van der Waals surface area (Å²) in [4.78, 5) is 22.6. The number of alkyl halides is 2. The number of halogens is 2. The minimum absolute atomic E-state index is 0.258. The summed E-state index contributed by atoms with van der Waals surface area (Å²) >= 11 is 0. The normalized spacial score (nSPS) is 11.9. The number of hydrogen-bond acceptors (Lipinski definition) is 7. The summed E-state index contributed by atoms with van der Waals surface area (Å²) in [5.74, 6) is -5.27. The Kier molecular flexibility index (Phi) is 6.35. The first-order valence-corrected chi connectivity index (χ1v) is 7.94. The zero-order valence-electron chi connectivity index (χ0n) is 12.8. The Morgan fingerprint density at radius 3 is 1.96 bits per heavy atom. The van der Waals surface area contributed by atoms with Crippen molar-refractivity contribution in [3.63, 3.8) is 0 Å². The van der Waals surface area contributed by atoms with Gasteiger partial charge >= 0.3 is 11.9 Å². The van der Waals surface area contributed by atoms with E-state index in [1.54, 1.807) is 4.72 Å². The summed E-state index contributed by atoms with van der Waals surface area (Å²) in [7, 11) is -2.32. The predicted molar refractivity (Wildman–Crippen MR) is 78.3 cm³/mol. The number of hydrogen-bond donors (Lipinski definition) is 2. The summed E-state index contributed by atoms with van der Waals surface area (Å²) in [5, 5.41) is 0. The van der Waals surface area contributed by atoms with Crippen molar-refractivity contribution in [1.82, 2.24) is 4.72 Å². The minimum atomic E-state index is -4.43. The lowest BCUT2D eigenvalue weighted by atomic mass is 10.1. The Bertz CT molecular complexity index is 702. The third-order valence-electron chi connectivity index (χ3n) is 2.88. The molecule has 24 heavy (non-hydrogen) atoms. The monoisotopic (exact) mass is 366 g/mol. The van der Waals surface area contributed by atoms with E-state index < -0.39 is 45.9 Å². The minimum Gasteiger partial charge on any atom is -0.465 e. The average Bonchev–Trinajstić information content (AvgIpc) is 2.58. The van der Waals surface area contributed by atoms with Crippen LogP contribution in [0.5, 0.6) is 0 Å². The molecule has 0 aromatic heterocycles. The fourth-order valence-electron chi connectivity index (χ4n) is 1.58. The second-order valence-corrected chi connectivity index (χ2v) is 6.38. The first kappa shape index (κ1) is 19.9. The number of sulfonamides is 1. The summed E-state index contributed by atoms with van der Waals surface area (Å²) in [5.41, 5.74) is 4.31. The molecular weight excluding hydrogens is 350 g/mol. The zero-order chi connectivity index (χ0) is 18.5. The highest BCUT2D eigenvalue weighted by atomic mass is 32.2. The third-order valence-corrected chi connectivity index (χ3v) is 4.26. The fraction of sp³-hybridized carbons (Fsp3) is 0.385. The van der Waals surface area contributed by atoms with Gasteiger partial charge in [-0.25, -0.2) is 31.5 Å². The fourth-order valence-corrected chi connectivity index (χ4v) is 2.71. The second-order valence-electron chi connectivity index (χ2n) is 4.61. The van der Waals surface area contributed by atoms with Gasteiger partial charge in [0.1, 0.15) is 0 Å². The van der Waals surface area contributed by atoms with Crippen molar-refractivity contribution in [2.75, 3.05) is 27.3 Å². The molecule has 0 radical (unpaired) electrons. The molecule has 0 unspecified atom stereocenters. The summed E-state index contributed by atoms with van der Waals surface area (Å²) < 4.78 is 61.1. The predicted octanol–water partition coefficient (Wildman–Crippen LogP) is 0.132. The molecule has 0 heterocycles. The van der Waals surface area contributed by atoms with Crippen molar-refractivity contribution >= 4 is 22.0 Å². The molecule has 134 valence electrons. The maximum atomic E-state index is 13.1. The van der Waals surface area contributed by atoms with Crippen molar-refractivity contribution < 1.29 is 36.3 Å². The van der Waals surface area contributed by atoms with E-state index in [9.17, 15) is 26.8 Å². The molecule has 0 aliphatic carbocycles. The van der Waals surface area contributed by atoms with Crippen LogP contribution in [-0.2, 0) is 19.5 Å². The zero-order valence-corrected chi connectivity index (χ0v) is 13.7. The van der Waals surface area contributed by atoms with Crippen LogP contribution in [0.3, 0.4) is 0 Å². The number of ether oxygens (including phenoxy) is 2. The van der Waals surface area contributed by atoms with Crippen molar-refractivity contribution in [2.24, 2.45) is 5.73 Å². The molecular formula is C13H16F2N2O6S. The molecule has 0 aliphatic heterocycles. The number of nitrogens with one attached hydrogen (secondary N) is 1. The molecule has 0 bridgehead atoms. The van der Waals surface area contributed by atoms with E-state index in [0.29, 0.717) is 0 Å². The standard InChI is InChI=1S/C13H16F2N2O6S/c1-22-11(18)8-3-9(12(19)23-2)5-10(4-8)24(20,21)17-7-13(14,15)6-16/h3-5,17H,6-7,16H2,1-2H3. The van der Waals surface area contributed by atoms with Gasteiger partial charge in [0.2, 0.25) is 10.0 Å². The molecule has 0 spiro atoms. The Balaban J connectivity index is 3.30. The number of esters is 2. The Hall–Kier alpha value is -2.11. The lowest BCUT2D eigenvalue weighted by Crippen LogP contribution is -2.41. The Morgan fingerprint density at radius 2 is 1.58 bits per heavy atom. The third kappa shape index (κ3) is 4.94. The van der Waals surface area contributed by atoms with Gasteiger partial charge in [0.05, 0.1) is 43.3 Å². The van der Waals surface area contributed by atoms with Crippen molar-refractivity contribution in [2.45, 2.75) is 10.8 Å². The van der Waals surface area contributed by atoms with Crippen molar-refractivity contribution in [3.05, 3.63) is 29.3 Å². The van der Waals surface area contributed by atoms with Crippen LogP contribution in [0.4, 0.5) is 8.78 Å². The van der Waals surface area contributed by atoms with Crippen LogP contribution in [0.15, 0.2) is 23.1 Å². The molecule has 0 amide bonds. The van der Waals surface area contributed by atoms with E-state index in [1.165, 1.54) is 0 Å². The van der Waals surface area contributed by atoms with Crippen LogP contribution in [-0.4, -0.2) is 53.6 Å². The largest absolute Gasteiger partial charge is 0.465 e. The van der Waals surface area contributed by atoms with E-state index in [2.05, 4.69) is 9.47 Å². The van der Waals surface area contributed by atoms with Gasteiger partial charge < -0.3 is 15.2 Å². The molecule has 0 fully saturated rings. The first-order chi connectivity index (χ1) is 11.1. The quantitative estimate of drug-likeness (QED) is 0.657. The van der Waals surface area contributed by atoms with Crippen LogP contribution < -0.4 is 10.5 Å². The molecule has 0 aliphatic rings. The number of benzene rings is 1. The topological polar surface area (TPSA) is 125 Å². The van der Waals surface area contributed by atoms with E-state index in [-0.39, 0.29) is 11.1 Å². The molecule has 0 atom stereocenters. The molecule has 0 saturated heterocycles. The Morgan fingerprint density at radius 1 is 1.12 bits per heavy atom. The van der Waals surface area contributed by atoms with Crippen LogP contribution in [0, 0.1) is 0 Å². The highest BCUT2D eigenvalue weighted by molar-refractivity contribution is 7.89. The van der Waals surface area contributed by atoms with Crippen LogP contribution in [0.1, 0.15) is 20.7 Å². The number of nitrogens with two attached hydrogens (primary N) is 1. The van der Waals surface area contributed by atoms with Crippen LogP contribution in [0.25, 0.3) is 0 Å². The van der Waals surface area contributed by atoms with Gasteiger partial charge in [-0.1, -0.05) is 0 Å². The molecule has 1 aromatic rings.